The minimum atomic E-state index is -0.291. The first-order valence-corrected chi connectivity index (χ1v) is 7.71. The second-order valence-corrected chi connectivity index (χ2v) is 6.47. The van der Waals surface area contributed by atoms with Gasteiger partial charge in [-0.3, -0.25) is 9.59 Å². The van der Waals surface area contributed by atoms with Gasteiger partial charge in [0.25, 0.3) is 0 Å². The van der Waals surface area contributed by atoms with E-state index in [1.165, 1.54) is 5.56 Å². The highest BCUT2D eigenvalue weighted by molar-refractivity contribution is 5.95. The summed E-state index contributed by atoms with van der Waals surface area (Å²) in [6.07, 6.45) is 2.10. The fourth-order valence-corrected chi connectivity index (χ4v) is 2.84. The number of carbonyl (C=O) groups excluding carboxylic acids is 2. The van der Waals surface area contributed by atoms with Gasteiger partial charge in [0.2, 0.25) is 11.8 Å². The van der Waals surface area contributed by atoms with E-state index >= 15 is 0 Å². The van der Waals surface area contributed by atoms with Crippen LogP contribution in [0.5, 0.6) is 0 Å². The molecule has 1 aliphatic carbocycles. The highest BCUT2D eigenvalue weighted by Crippen LogP contribution is 2.34. The standard InChI is InChI=1S/C17H22N2O2/c1-11(2)13-5-3-12(4-6-13)9-19-10-15(20)18-16(17(19)21)14-7-8-14/h3-6,11,14,16H,7-10H2,1-2H3,(H,18,20). The van der Waals surface area contributed by atoms with Gasteiger partial charge in [-0.25, -0.2) is 0 Å². The van der Waals surface area contributed by atoms with Crippen molar-refractivity contribution < 1.29 is 9.59 Å². The molecule has 0 spiro atoms. The Kier molecular flexibility index (Phi) is 3.70. The number of carbonyl (C=O) groups is 2. The molecule has 0 radical (unpaired) electrons. The molecule has 2 amide bonds. The van der Waals surface area contributed by atoms with Gasteiger partial charge in [0, 0.05) is 6.54 Å². The molecule has 2 aliphatic rings. The van der Waals surface area contributed by atoms with Crippen molar-refractivity contribution in [2.75, 3.05) is 6.54 Å². The molecule has 1 N–H and O–H groups in total. The molecule has 1 aliphatic heterocycles. The van der Waals surface area contributed by atoms with Crippen LogP contribution in [0.15, 0.2) is 24.3 Å². The van der Waals surface area contributed by atoms with Crippen LogP contribution in [0.25, 0.3) is 0 Å². The highest BCUT2D eigenvalue weighted by Gasteiger charge is 2.42. The molecule has 1 saturated heterocycles. The summed E-state index contributed by atoms with van der Waals surface area (Å²) in [5.41, 5.74) is 2.37. The van der Waals surface area contributed by atoms with Crippen molar-refractivity contribution in [1.82, 2.24) is 10.2 Å². The van der Waals surface area contributed by atoms with E-state index < -0.39 is 0 Å². The Bertz CT molecular complexity index is 546. The van der Waals surface area contributed by atoms with Crippen molar-refractivity contribution in [1.29, 1.82) is 0 Å². The number of hydrogen-bond acceptors (Lipinski definition) is 2. The Hall–Kier alpha value is -1.84. The number of nitrogens with one attached hydrogen (secondary N) is 1. The Morgan fingerprint density at radius 3 is 2.43 bits per heavy atom. The van der Waals surface area contributed by atoms with Crippen molar-refractivity contribution in [3.63, 3.8) is 0 Å². The molecule has 21 heavy (non-hydrogen) atoms. The van der Waals surface area contributed by atoms with Crippen LogP contribution < -0.4 is 5.32 Å². The zero-order chi connectivity index (χ0) is 15.0. The van der Waals surface area contributed by atoms with Gasteiger partial charge in [-0.05, 0) is 35.8 Å². The van der Waals surface area contributed by atoms with E-state index in [-0.39, 0.29) is 24.4 Å². The second kappa shape index (κ2) is 5.51. The molecule has 1 aromatic carbocycles. The van der Waals surface area contributed by atoms with E-state index in [9.17, 15) is 9.59 Å². The van der Waals surface area contributed by atoms with Crippen LogP contribution in [0.1, 0.15) is 43.7 Å². The molecule has 0 bridgehead atoms. The van der Waals surface area contributed by atoms with Crippen LogP contribution in [0.4, 0.5) is 0 Å². The quantitative estimate of drug-likeness (QED) is 0.921. The van der Waals surface area contributed by atoms with E-state index in [0.717, 1.165) is 18.4 Å². The van der Waals surface area contributed by atoms with Crippen LogP contribution in [-0.2, 0) is 16.1 Å². The molecule has 1 saturated carbocycles. The minimum Gasteiger partial charge on any atom is -0.342 e. The van der Waals surface area contributed by atoms with Gasteiger partial charge in [0.05, 0.1) is 6.54 Å². The van der Waals surface area contributed by atoms with Crippen LogP contribution in [0, 0.1) is 5.92 Å². The fraction of sp³-hybridized carbons (Fsp3) is 0.529. The lowest BCUT2D eigenvalue weighted by Gasteiger charge is -2.32. The Morgan fingerprint density at radius 1 is 1.19 bits per heavy atom. The number of nitrogens with zero attached hydrogens (tertiary/aromatic N) is 1. The van der Waals surface area contributed by atoms with Gasteiger partial charge in [0.15, 0.2) is 0 Å². The Balaban J connectivity index is 1.70. The smallest absolute Gasteiger partial charge is 0.246 e. The van der Waals surface area contributed by atoms with Gasteiger partial charge in [-0.15, -0.1) is 0 Å². The Morgan fingerprint density at radius 2 is 1.86 bits per heavy atom. The maximum Gasteiger partial charge on any atom is 0.246 e. The molecule has 1 atom stereocenters. The van der Waals surface area contributed by atoms with Gasteiger partial charge >= 0.3 is 0 Å². The number of amides is 2. The fourth-order valence-electron chi connectivity index (χ4n) is 2.84. The monoisotopic (exact) mass is 286 g/mol. The second-order valence-electron chi connectivity index (χ2n) is 6.47. The molecule has 1 unspecified atom stereocenters. The largest absolute Gasteiger partial charge is 0.342 e. The molecular formula is C17H22N2O2. The molecule has 4 nitrogen and oxygen atoms in total. The third kappa shape index (κ3) is 3.09. The van der Waals surface area contributed by atoms with E-state index in [2.05, 4.69) is 43.4 Å². The summed E-state index contributed by atoms with van der Waals surface area (Å²) in [4.78, 5) is 25.9. The predicted octanol–water partition coefficient (Wildman–Crippen LogP) is 2.05. The van der Waals surface area contributed by atoms with Crippen molar-refractivity contribution >= 4 is 11.8 Å². The molecule has 1 aromatic rings. The first-order chi connectivity index (χ1) is 10.0. The van der Waals surface area contributed by atoms with E-state index in [1.54, 1.807) is 4.90 Å². The molecular weight excluding hydrogens is 264 g/mol. The average Bonchev–Trinajstić information content (AvgIpc) is 3.27. The zero-order valence-corrected chi connectivity index (χ0v) is 12.6. The molecule has 3 rings (SSSR count). The number of benzene rings is 1. The lowest BCUT2D eigenvalue weighted by atomic mass is 10.0. The Labute approximate surface area is 125 Å². The number of rotatable bonds is 4. The summed E-state index contributed by atoms with van der Waals surface area (Å²) in [6.45, 7) is 5.02. The number of piperazine rings is 1. The van der Waals surface area contributed by atoms with Crippen molar-refractivity contribution in [3.8, 4) is 0 Å². The van der Waals surface area contributed by atoms with Crippen LogP contribution in [0.3, 0.4) is 0 Å². The zero-order valence-electron chi connectivity index (χ0n) is 12.6. The van der Waals surface area contributed by atoms with Crippen LogP contribution >= 0.6 is 0 Å². The molecule has 1 heterocycles. The van der Waals surface area contributed by atoms with E-state index in [0.29, 0.717) is 18.4 Å². The van der Waals surface area contributed by atoms with Gasteiger partial charge in [0.1, 0.15) is 6.04 Å². The van der Waals surface area contributed by atoms with Crippen LogP contribution in [-0.4, -0.2) is 29.3 Å². The maximum absolute atomic E-state index is 12.4. The summed E-state index contributed by atoms with van der Waals surface area (Å²) < 4.78 is 0. The minimum absolute atomic E-state index is 0.0368. The average molecular weight is 286 g/mol. The number of hydrogen-bond donors (Lipinski definition) is 1. The third-order valence-electron chi connectivity index (χ3n) is 4.34. The van der Waals surface area contributed by atoms with E-state index in [1.807, 2.05) is 0 Å². The van der Waals surface area contributed by atoms with E-state index in [4.69, 9.17) is 0 Å². The SMILES string of the molecule is CC(C)c1ccc(CN2CC(=O)NC(C3CC3)C2=O)cc1. The highest BCUT2D eigenvalue weighted by atomic mass is 16.2. The summed E-state index contributed by atoms with van der Waals surface area (Å²) in [5, 5.41) is 2.84. The molecule has 2 fully saturated rings. The first-order valence-electron chi connectivity index (χ1n) is 7.71. The summed E-state index contributed by atoms with van der Waals surface area (Å²) in [7, 11) is 0. The van der Waals surface area contributed by atoms with Gasteiger partial charge in [-0.1, -0.05) is 38.1 Å². The molecule has 4 heteroatoms. The predicted molar refractivity (Wildman–Crippen MR) is 80.6 cm³/mol. The van der Waals surface area contributed by atoms with Gasteiger partial charge < -0.3 is 10.2 Å². The summed E-state index contributed by atoms with van der Waals surface area (Å²) >= 11 is 0. The first kappa shape index (κ1) is 14.1. The molecule has 0 aromatic heterocycles. The topological polar surface area (TPSA) is 49.4 Å². The van der Waals surface area contributed by atoms with Gasteiger partial charge in [-0.2, -0.15) is 0 Å². The summed E-state index contributed by atoms with van der Waals surface area (Å²) in [6, 6.07) is 8.03. The van der Waals surface area contributed by atoms with Crippen molar-refractivity contribution in [2.24, 2.45) is 5.92 Å². The molecule has 112 valence electrons. The summed E-state index contributed by atoms with van der Waals surface area (Å²) in [5.74, 6) is 0.892. The van der Waals surface area contributed by atoms with Crippen molar-refractivity contribution in [3.05, 3.63) is 35.4 Å². The third-order valence-corrected chi connectivity index (χ3v) is 4.34. The van der Waals surface area contributed by atoms with Crippen LogP contribution in [0.2, 0.25) is 0 Å². The van der Waals surface area contributed by atoms with Crippen molar-refractivity contribution in [2.45, 2.75) is 45.2 Å². The maximum atomic E-state index is 12.4. The lowest BCUT2D eigenvalue weighted by molar-refractivity contribution is -0.145. The lowest BCUT2D eigenvalue weighted by Crippen LogP contribution is -2.58. The normalized spacial score (nSPS) is 22.6.